The van der Waals surface area contributed by atoms with Crippen LogP contribution in [0.2, 0.25) is 0 Å². The molecule has 2 aromatic rings. The van der Waals surface area contributed by atoms with Crippen molar-refractivity contribution in [3.8, 4) is 0 Å². The van der Waals surface area contributed by atoms with Crippen molar-refractivity contribution in [2.45, 2.75) is 19.8 Å². The van der Waals surface area contributed by atoms with E-state index in [1.54, 1.807) is 18.2 Å². The molecule has 2 aromatic carbocycles. The first-order chi connectivity index (χ1) is 12.0. The van der Waals surface area contributed by atoms with Gasteiger partial charge in [0.25, 0.3) is 5.91 Å². The summed E-state index contributed by atoms with van der Waals surface area (Å²) in [5.41, 5.74) is 5.40. The van der Waals surface area contributed by atoms with Gasteiger partial charge in [0.1, 0.15) is 0 Å². The maximum absolute atomic E-state index is 12.2. The summed E-state index contributed by atoms with van der Waals surface area (Å²) in [6.07, 6.45) is 1.96. The van der Waals surface area contributed by atoms with Crippen molar-refractivity contribution in [3.05, 3.63) is 64.1 Å². The molecule has 2 N–H and O–H groups in total. The third-order valence-corrected chi connectivity index (χ3v) is 4.65. The van der Waals surface area contributed by atoms with Crippen LogP contribution >= 0.6 is 15.9 Å². The minimum absolute atomic E-state index is 0.0823. The largest absolute Gasteiger partial charge is 0.326 e. The lowest BCUT2D eigenvalue weighted by Crippen LogP contribution is -2.19. The molecule has 128 valence electrons. The standard InChI is InChI=1S/C19H18BrN3O2/c1-12(22-23-19(25)16-4-2-3-5-17(16)20)13-8-10-15(11-9-13)21-18(24)14-6-7-14/h2-5,8-11,14H,6-7H2,1H3,(H,21,24)(H,23,25)/b22-12-. The second-order valence-electron chi connectivity index (χ2n) is 5.96. The Morgan fingerprint density at radius 1 is 1.08 bits per heavy atom. The van der Waals surface area contributed by atoms with Gasteiger partial charge in [-0.3, -0.25) is 9.59 Å². The Morgan fingerprint density at radius 2 is 1.76 bits per heavy atom. The SMILES string of the molecule is C/C(=N/NC(=O)c1ccccc1Br)c1ccc(NC(=O)C2CC2)cc1. The van der Waals surface area contributed by atoms with Crippen LogP contribution in [0.15, 0.2) is 58.1 Å². The first kappa shape index (κ1) is 17.4. The third-order valence-electron chi connectivity index (χ3n) is 3.96. The van der Waals surface area contributed by atoms with E-state index in [0.29, 0.717) is 11.3 Å². The number of hydrogen-bond donors (Lipinski definition) is 2. The zero-order chi connectivity index (χ0) is 17.8. The van der Waals surface area contributed by atoms with E-state index in [1.807, 2.05) is 37.3 Å². The van der Waals surface area contributed by atoms with Gasteiger partial charge in [0, 0.05) is 16.1 Å². The Labute approximate surface area is 154 Å². The second kappa shape index (κ2) is 7.61. The zero-order valence-electron chi connectivity index (χ0n) is 13.8. The molecule has 0 spiro atoms. The van der Waals surface area contributed by atoms with Gasteiger partial charge in [-0.2, -0.15) is 5.10 Å². The van der Waals surface area contributed by atoms with Crippen molar-refractivity contribution >= 4 is 39.1 Å². The second-order valence-corrected chi connectivity index (χ2v) is 6.81. The van der Waals surface area contributed by atoms with Crippen molar-refractivity contribution < 1.29 is 9.59 Å². The number of carbonyl (C=O) groups excluding carboxylic acids is 2. The van der Waals surface area contributed by atoms with Crippen LogP contribution in [0.1, 0.15) is 35.7 Å². The van der Waals surface area contributed by atoms with Crippen molar-refractivity contribution in [2.24, 2.45) is 11.0 Å². The highest BCUT2D eigenvalue weighted by molar-refractivity contribution is 9.10. The van der Waals surface area contributed by atoms with Gasteiger partial charge in [-0.1, -0.05) is 24.3 Å². The monoisotopic (exact) mass is 399 g/mol. The van der Waals surface area contributed by atoms with E-state index < -0.39 is 0 Å². The number of nitrogens with zero attached hydrogens (tertiary/aromatic N) is 1. The Kier molecular flexibility index (Phi) is 5.28. The molecule has 0 aliphatic heterocycles. The highest BCUT2D eigenvalue weighted by Gasteiger charge is 2.29. The van der Waals surface area contributed by atoms with Crippen LogP contribution in [0, 0.1) is 5.92 Å². The molecule has 1 fully saturated rings. The van der Waals surface area contributed by atoms with Crippen LogP contribution in [-0.2, 0) is 4.79 Å². The molecule has 1 saturated carbocycles. The molecule has 6 heteroatoms. The minimum atomic E-state index is -0.278. The van der Waals surface area contributed by atoms with E-state index >= 15 is 0 Å². The molecule has 0 heterocycles. The Hall–Kier alpha value is -2.47. The van der Waals surface area contributed by atoms with Crippen LogP contribution < -0.4 is 10.7 Å². The molecule has 0 radical (unpaired) electrons. The number of nitrogens with one attached hydrogen (secondary N) is 2. The average molecular weight is 400 g/mol. The fourth-order valence-corrected chi connectivity index (χ4v) is 2.75. The van der Waals surface area contributed by atoms with Crippen LogP contribution in [0.25, 0.3) is 0 Å². The van der Waals surface area contributed by atoms with Crippen LogP contribution in [0.5, 0.6) is 0 Å². The minimum Gasteiger partial charge on any atom is -0.326 e. The summed E-state index contributed by atoms with van der Waals surface area (Å²) in [5, 5.41) is 7.04. The van der Waals surface area contributed by atoms with E-state index in [0.717, 1.165) is 28.6 Å². The van der Waals surface area contributed by atoms with Crippen molar-refractivity contribution in [3.63, 3.8) is 0 Å². The van der Waals surface area contributed by atoms with Crippen molar-refractivity contribution in [2.75, 3.05) is 5.32 Å². The van der Waals surface area contributed by atoms with Gasteiger partial charge in [-0.25, -0.2) is 5.43 Å². The summed E-state index contributed by atoms with van der Waals surface area (Å²) >= 11 is 3.35. The summed E-state index contributed by atoms with van der Waals surface area (Å²) in [5.74, 6) is -0.0190. The zero-order valence-corrected chi connectivity index (χ0v) is 15.3. The molecule has 1 aliphatic rings. The van der Waals surface area contributed by atoms with Crippen LogP contribution in [0.3, 0.4) is 0 Å². The molecule has 0 saturated heterocycles. The fourth-order valence-electron chi connectivity index (χ4n) is 2.29. The molecule has 2 amide bonds. The summed E-state index contributed by atoms with van der Waals surface area (Å²) in [4.78, 5) is 23.9. The highest BCUT2D eigenvalue weighted by Crippen LogP contribution is 2.30. The molecule has 1 aliphatic carbocycles. The Morgan fingerprint density at radius 3 is 2.40 bits per heavy atom. The number of benzene rings is 2. The van der Waals surface area contributed by atoms with Crippen LogP contribution in [-0.4, -0.2) is 17.5 Å². The molecular formula is C19H18BrN3O2. The summed E-state index contributed by atoms with van der Waals surface area (Å²) < 4.78 is 0.719. The first-order valence-electron chi connectivity index (χ1n) is 8.05. The number of carbonyl (C=O) groups is 2. The van der Waals surface area contributed by atoms with Gasteiger partial charge in [0.15, 0.2) is 0 Å². The van der Waals surface area contributed by atoms with Gasteiger partial charge in [0.2, 0.25) is 5.91 Å². The predicted octanol–water partition coefficient (Wildman–Crippen LogP) is 3.95. The van der Waals surface area contributed by atoms with Crippen molar-refractivity contribution in [1.29, 1.82) is 0 Å². The van der Waals surface area contributed by atoms with Gasteiger partial charge >= 0.3 is 0 Å². The van der Waals surface area contributed by atoms with Crippen LogP contribution in [0.4, 0.5) is 5.69 Å². The van der Waals surface area contributed by atoms with Gasteiger partial charge in [-0.15, -0.1) is 0 Å². The molecule has 5 nitrogen and oxygen atoms in total. The number of rotatable bonds is 5. The Bertz CT molecular complexity index is 827. The van der Waals surface area contributed by atoms with E-state index in [1.165, 1.54) is 0 Å². The predicted molar refractivity (Wildman–Crippen MR) is 102 cm³/mol. The summed E-state index contributed by atoms with van der Waals surface area (Å²) in [7, 11) is 0. The lowest BCUT2D eigenvalue weighted by Gasteiger charge is -2.07. The molecule has 25 heavy (non-hydrogen) atoms. The fraction of sp³-hybridized carbons (Fsp3) is 0.211. The first-order valence-corrected chi connectivity index (χ1v) is 8.84. The molecule has 0 aromatic heterocycles. The number of hydrazone groups is 1. The quantitative estimate of drug-likeness (QED) is 0.590. The molecule has 3 rings (SSSR count). The van der Waals surface area contributed by atoms with Crippen molar-refractivity contribution in [1.82, 2.24) is 5.43 Å². The molecule has 0 bridgehead atoms. The Balaban J connectivity index is 1.62. The maximum Gasteiger partial charge on any atom is 0.272 e. The number of amides is 2. The lowest BCUT2D eigenvalue weighted by atomic mass is 10.1. The van der Waals surface area contributed by atoms with E-state index in [2.05, 4.69) is 31.8 Å². The van der Waals surface area contributed by atoms with Gasteiger partial charge in [0.05, 0.1) is 11.3 Å². The average Bonchev–Trinajstić information content (AvgIpc) is 3.45. The molecule has 0 unspecified atom stereocenters. The summed E-state index contributed by atoms with van der Waals surface area (Å²) in [6.45, 7) is 1.82. The van der Waals surface area contributed by atoms with Gasteiger partial charge in [-0.05, 0) is 65.5 Å². The number of hydrogen-bond acceptors (Lipinski definition) is 3. The van der Waals surface area contributed by atoms with Gasteiger partial charge < -0.3 is 5.32 Å². The molecule has 0 atom stereocenters. The highest BCUT2D eigenvalue weighted by atomic mass is 79.9. The normalized spacial score (nSPS) is 14.1. The summed E-state index contributed by atoms with van der Waals surface area (Å²) in [6, 6.07) is 14.6. The van der Waals surface area contributed by atoms with E-state index in [9.17, 15) is 9.59 Å². The van der Waals surface area contributed by atoms with E-state index in [4.69, 9.17) is 0 Å². The maximum atomic E-state index is 12.2. The topological polar surface area (TPSA) is 70.6 Å². The smallest absolute Gasteiger partial charge is 0.272 e. The lowest BCUT2D eigenvalue weighted by molar-refractivity contribution is -0.117. The van der Waals surface area contributed by atoms with E-state index in [-0.39, 0.29) is 17.7 Å². The number of halogens is 1. The number of anilines is 1. The third kappa shape index (κ3) is 4.54. The molecular weight excluding hydrogens is 382 g/mol.